The van der Waals surface area contributed by atoms with E-state index < -0.39 is 15.9 Å². The average molecular weight is 450 g/mol. The Morgan fingerprint density at radius 3 is 2.59 bits per heavy atom. The molecule has 1 heterocycles. The van der Waals surface area contributed by atoms with Crippen molar-refractivity contribution >= 4 is 38.6 Å². The predicted octanol–water partition coefficient (Wildman–Crippen LogP) is 3.51. The van der Waals surface area contributed by atoms with Crippen LogP contribution in [0, 0.1) is 0 Å². The van der Waals surface area contributed by atoms with Crippen molar-refractivity contribution in [2.75, 3.05) is 16.6 Å². The van der Waals surface area contributed by atoms with Crippen molar-refractivity contribution in [3.05, 3.63) is 83.9 Å². The quantitative estimate of drug-likeness (QED) is 0.327. The third-order valence-corrected chi connectivity index (χ3v) is 6.28. The number of carbonyl (C=O) groups excluding carboxylic acids is 1. The Kier molecular flexibility index (Phi) is 6.20. The van der Waals surface area contributed by atoms with Crippen molar-refractivity contribution in [1.82, 2.24) is 9.97 Å². The second kappa shape index (κ2) is 9.21. The highest BCUT2D eigenvalue weighted by Crippen LogP contribution is 2.20. The van der Waals surface area contributed by atoms with Crippen molar-refractivity contribution in [3.8, 4) is 0 Å². The third-order valence-electron chi connectivity index (χ3n) is 4.88. The van der Waals surface area contributed by atoms with Gasteiger partial charge in [0.1, 0.15) is 0 Å². The summed E-state index contributed by atoms with van der Waals surface area (Å²) in [5.74, 6) is -0.0931. The molecular formula is C23H23N5O3S. The molecule has 4 rings (SSSR count). The van der Waals surface area contributed by atoms with Crippen molar-refractivity contribution in [2.24, 2.45) is 5.73 Å². The molecule has 0 radical (unpaired) electrons. The van der Waals surface area contributed by atoms with Crippen LogP contribution in [0.5, 0.6) is 0 Å². The van der Waals surface area contributed by atoms with Gasteiger partial charge in [0.15, 0.2) is 0 Å². The highest BCUT2D eigenvalue weighted by atomic mass is 32.2. The van der Waals surface area contributed by atoms with Gasteiger partial charge in [-0.05, 0) is 67.4 Å². The van der Waals surface area contributed by atoms with Crippen LogP contribution in [0.3, 0.4) is 0 Å². The molecule has 164 valence electrons. The number of aryl methyl sites for hydroxylation is 1. The number of nitrogens with zero attached hydrogens (tertiary/aromatic N) is 1. The zero-order chi connectivity index (χ0) is 22.6. The summed E-state index contributed by atoms with van der Waals surface area (Å²) in [6.45, 7) is 0.628. The third kappa shape index (κ3) is 4.96. The summed E-state index contributed by atoms with van der Waals surface area (Å²) in [7, 11) is -3.75. The van der Waals surface area contributed by atoms with Gasteiger partial charge in [-0.3, -0.25) is 14.8 Å². The van der Waals surface area contributed by atoms with Crippen LogP contribution in [0.1, 0.15) is 22.3 Å². The number of benzene rings is 3. The van der Waals surface area contributed by atoms with Gasteiger partial charge in [-0.2, -0.15) is 0 Å². The number of anilines is 2. The molecule has 8 nitrogen and oxygen atoms in total. The largest absolute Gasteiger partial charge is 0.330 e. The van der Waals surface area contributed by atoms with Crippen LogP contribution >= 0.6 is 0 Å². The summed E-state index contributed by atoms with van der Waals surface area (Å²) in [4.78, 5) is 20.4. The monoisotopic (exact) mass is 449 g/mol. The van der Waals surface area contributed by atoms with Crippen molar-refractivity contribution in [2.45, 2.75) is 17.7 Å². The number of nitrogens with one attached hydrogen (secondary N) is 3. The van der Waals surface area contributed by atoms with Crippen LogP contribution in [0.15, 0.2) is 77.7 Å². The lowest BCUT2D eigenvalue weighted by Crippen LogP contribution is -2.15. The Morgan fingerprint density at radius 1 is 1.00 bits per heavy atom. The van der Waals surface area contributed by atoms with Gasteiger partial charge in [-0.1, -0.05) is 30.3 Å². The number of hydrogen-bond donors (Lipinski definition) is 4. The second-order valence-corrected chi connectivity index (χ2v) is 8.97. The second-order valence-electron chi connectivity index (χ2n) is 7.28. The van der Waals surface area contributed by atoms with Crippen LogP contribution < -0.4 is 15.8 Å². The van der Waals surface area contributed by atoms with Gasteiger partial charge in [0.2, 0.25) is 5.95 Å². The molecule has 0 saturated heterocycles. The van der Waals surface area contributed by atoms with E-state index >= 15 is 0 Å². The van der Waals surface area contributed by atoms with E-state index in [4.69, 9.17) is 5.73 Å². The highest BCUT2D eigenvalue weighted by Gasteiger charge is 2.15. The number of imidazole rings is 1. The Hall–Kier alpha value is -3.69. The van der Waals surface area contributed by atoms with E-state index in [-0.39, 0.29) is 10.6 Å². The first-order valence-electron chi connectivity index (χ1n) is 10.1. The molecule has 9 heteroatoms. The minimum Gasteiger partial charge on any atom is -0.330 e. The Balaban J connectivity index is 1.49. The first-order valence-corrected chi connectivity index (χ1v) is 11.6. The number of hydrogen-bond acceptors (Lipinski definition) is 5. The smallest absolute Gasteiger partial charge is 0.261 e. The van der Waals surface area contributed by atoms with Crippen molar-refractivity contribution in [3.63, 3.8) is 0 Å². The first kappa shape index (κ1) is 21.5. The minimum atomic E-state index is -3.75. The van der Waals surface area contributed by atoms with Crippen molar-refractivity contribution < 1.29 is 13.2 Å². The number of aromatic amines is 1. The lowest BCUT2D eigenvalue weighted by Gasteiger charge is -2.09. The molecule has 1 amide bonds. The molecule has 0 fully saturated rings. The maximum absolute atomic E-state index is 12.7. The summed E-state index contributed by atoms with van der Waals surface area (Å²) >= 11 is 0. The van der Waals surface area contributed by atoms with Gasteiger partial charge in [-0.25, -0.2) is 13.4 Å². The van der Waals surface area contributed by atoms with E-state index in [0.717, 1.165) is 29.4 Å². The van der Waals surface area contributed by atoms with Crippen LogP contribution in [0.4, 0.5) is 11.6 Å². The number of sulfonamides is 1. The van der Waals surface area contributed by atoms with Gasteiger partial charge in [-0.15, -0.1) is 0 Å². The SMILES string of the molecule is NCCCc1ccc2nc(NC(=O)c3cccc(NS(=O)(=O)c4ccccc4)c3)[nH]c2c1. The summed E-state index contributed by atoms with van der Waals surface area (Å²) < 4.78 is 27.6. The number of aromatic nitrogens is 2. The summed E-state index contributed by atoms with van der Waals surface area (Å²) in [6.07, 6.45) is 1.77. The molecule has 0 bridgehead atoms. The van der Waals surface area contributed by atoms with Gasteiger partial charge in [0.25, 0.3) is 15.9 Å². The van der Waals surface area contributed by atoms with Crippen LogP contribution in [-0.2, 0) is 16.4 Å². The van der Waals surface area contributed by atoms with Crippen LogP contribution in [-0.4, -0.2) is 30.8 Å². The van der Waals surface area contributed by atoms with E-state index in [1.807, 2.05) is 18.2 Å². The number of carbonyl (C=O) groups is 1. The van der Waals surface area contributed by atoms with E-state index in [9.17, 15) is 13.2 Å². The maximum atomic E-state index is 12.7. The Labute approximate surface area is 185 Å². The fourth-order valence-electron chi connectivity index (χ4n) is 3.30. The number of H-pyrrole nitrogens is 1. The summed E-state index contributed by atoms with van der Waals surface area (Å²) in [6, 6.07) is 20.2. The standard InChI is InChI=1S/C23H23N5O3S/c24-13-5-6-16-11-12-20-21(14-16)26-23(25-20)27-22(29)17-7-4-8-18(15-17)28-32(30,31)19-9-2-1-3-10-19/h1-4,7-12,14-15,28H,5-6,13,24H2,(H2,25,26,27,29). The minimum absolute atomic E-state index is 0.142. The lowest BCUT2D eigenvalue weighted by molar-refractivity contribution is 0.102. The molecular weight excluding hydrogens is 426 g/mol. The topological polar surface area (TPSA) is 130 Å². The molecule has 0 atom stereocenters. The van der Waals surface area contributed by atoms with Crippen molar-refractivity contribution in [1.29, 1.82) is 0 Å². The van der Waals surface area contributed by atoms with E-state index in [0.29, 0.717) is 18.1 Å². The number of rotatable bonds is 8. The normalized spacial score (nSPS) is 11.4. The van der Waals surface area contributed by atoms with Gasteiger partial charge in [0, 0.05) is 11.3 Å². The molecule has 32 heavy (non-hydrogen) atoms. The van der Waals surface area contributed by atoms with Gasteiger partial charge >= 0.3 is 0 Å². The predicted molar refractivity (Wildman–Crippen MR) is 125 cm³/mol. The Bertz CT molecular complexity index is 1350. The number of fused-ring (bicyclic) bond motifs is 1. The first-order chi connectivity index (χ1) is 15.4. The molecule has 0 spiro atoms. The van der Waals surface area contributed by atoms with Gasteiger partial charge < -0.3 is 10.7 Å². The van der Waals surface area contributed by atoms with Crippen LogP contribution in [0.2, 0.25) is 0 Å². The zero-order valence-electron chi connectivity index (χ0n) is 17.2. The fraction of sp³-hybridized carbons (Fsp3) is 0.130. The molecule has 0 aliphatic rings. The summed E-state index contributed by atoms with van der Waals surface area (Å²) in [5.41, 5.74) is 8.85. The van der Waals surface area contributed by atoms with Gasteiger partial charge in [0.05, 0.1) is 15.9 Å². The number of amides is 1. The molecule has 0 aliphatic heterocycles. The van der Waals surface area contributed by atoms with E-state index in [1.165, 1.54) is 18.2 Å². The fourth-order valence-corrected chi connectivity index (χ4v) is 4.37. The lowest BCUT2D eigenvalue weighted by atomic mass is 10.1. The zero-order valence-corrected chi connectivity index (χ0v) is 18.0. The average Bonchev–Trinajstić information content (AvgIpc) is 3.19. The maximum Gasteiger partial charge on any atom is 0.261 e. The molecule has 3 aromatic carbocycles. The van der Waals surface area contributed by atoms with E-state index in [2.05, 4.69) is 20.0 Å². The van der Waals surface area contributed by atoms with Crippen LogP contribution in [0.25, 0.3) is 11.0 Å². The Morgan fingerprint density at radius 2 is 1.81 bits per heavy atom. The number of nitrogens with two attached hydrogens (primary N) is 1. The molecule has 1 aromatic heterocycles. The summed E-state index contributed by atoms with van der Waals surface area (Å²) in [5, 5.41) is 2.73. The highest BCUT2D eigenvalue weighted by molar-refractivity contribution is 7.92. The molecule has 5 N–H and O–H groups in total. The molecule has 4 aromatic rings. The van der Waals surface area contributed by atoms with E-state index in [1.54, 1.807) is 36.4 Å². The molecule has 0 saturated carbocycles. The molecule has 0 unspecified atom stereocenters. The molecule has 0 aliphatic carbocycles.